The van der Waals surface area contributed by atoms with Gasteiger partial charge in [0.25, 0.3) is 6.29 Å². The van der Waals surface area contributed by atoms with Crippen molar-refractivity contribution in [2.45, 2.75) is 6.61 Å². The molecular weight excluding hydrogens is 120 g/mol. The van der Waals surface area contributed by atoms with Crippen molar-refractivity contribution < 1.29 is 14.3 Å². The van der Waals surface area contributed by atoms with E-state index in [2.05, 4.69) is 4.42 Å². The number of carbonyl (C=O) groups excluding carboxylic acids is 1. The molecule has 1 aromatic rings. The fourth-order valence-electron chi connectivity index (χ4n) is 0.550. The van der Waals surface area contributed by atoms with Gasteiger partial charge in [-0.15, -0.1) is 0 Å². The molecule has 0 unspecified atom stereocenters. The van der Waals surface area contributed by atoms with Gasteiger partial charge in [-0.1, -0.05) is 0 Å². The second-order valence-electron chi connectivity index (χ2n) is 1.54. The van der Waals surface area contributed by atoms with Crippen LogP contribution in [-0.4, -0.2) is 11.4 Å². The first-order valence-electron chi connectivity index (χ1n) is 2.44. The Morgan fingerprint density at radius 1 is 1.78 bits per heavy atom. The van der Waals surface area contributed by atoms with Gasteiger partial charge in [-0.05, 0) is 6.07 Å². The minimum absolute atomic E-state index is 0.0810. The molecule has 0 fully saturated rings. The molecule has 0 atom stereocenters. The van der Waals surface area contributed by atoms with Crippen LogP contribution in [0.15, 0.2) is 16.7 Å². The molecule has 1 rings (SSSR count). The molecule has 3 nitrogen and oxygen atoms in total. The van der Waals surface area contributed by atoms with Gasteiger partial charge in [0, 0.05) is 5.56 Å². The smallest absolute Gasteiger partial charge is 0.272 e. The van der Waals surface area contributed by atoms with E-state index in [0.29, 0.717) is 5.56 Å². The predicted molar refractivity (Wildman–Crippen MR) is 29.4 cm³/mol. The fraction of sp³-hybridized carbons (Fsp3) is 0.167. The van der Waals surface area contributed by atoms with Crippen LogP contribution in [0.5, 0.6) is 0 Å². The highest BCUT2D eigenvalue weighted by Crippen LogP contribution is 2.06. The van der Waals surface area contributed by atoms with Crippen LogP contribution in [0.25, 0.3) is 0 Å². The molecule has 0 aliphatic rings. The summed E-state index contributed by atoms with van der Waals surface area (Å²) in [4.78, 5) is 9.92. The molecule has 1 aromatic heterocycles. The number of rotatable bonds is 2. The minimum atomic E-state index is -0.179. The number of aliphatic hydroxyl groups is 1. The lowest BCUT2D eigenvalue weighted by Gasteiger charge is -1.84. The number of hydrogen-bond acceptors (Lipinski definition) is 3. The summed E-state index contributed by atoms with van der Waals surface area (Å²) >= 11 is 0. The van der Waals surface area contributed by atoms with Crippen molar-refractivity contribution in [3.05, 3.63) is 23.7 Å². The van der Waals surface area contributed by atoms with Crippen molar-refractivity contribution >= 4 is 6.29 Å². The molecule has 0 saturated carbocycles. The second kappa shape index (κ2) is 2.46. The molecule has 0 aromatic carbocycles. The highest BCUT2D eigenvalue weighted by molar-refractivity contribution is 5.73. The summed E-state index contributed by atoms with van der Waals surface area (Å²) < 4.78 is 4.62. The number of furan rings is 1. The summed E-state index contributed by atoms with van der Waals surface area (Å²) in [6.07, 6.45) is 2.89. The molecule has 3 heteroatoms. The standard InChI is InChI=1S/C6H5O3/c7-3-5-1-2-9-6(5)4-8/h1-2,7H,3H2. The molecule has 0 aliphatic heterocycles. The zero-order valence-corrected chi connectivity index (χ0v) is 4.63. The average Bonchev–Trinajstić information content (AvgIpc) is 2.33. The van der Waals surface area contributed by atoms with Crippen LogP contribution in [0.3, 0.4) is 0 Å². The van der Waals surface area contributed by atoms with Crippen LogP contribution < -0.4 is 0 Å². The zero-order chi connectivity index (χ0) is 6.69. The van der Waals surface area contributed by atoms with Gasteiger partial charge in [0.15, 0.2) is 5.76 Å². The zero-order valence-electron chi connectivity index (χ0n) is 4.63. The van der Waals surface area contributed by atoms with E-state index < -0.39 is 0 Å². The van der Waals surface area contributed by atoms with Gasteiger partial charge >= 0.3 is 0 Å². The van der Waals surface area contributed by atoms with Crippen LogP contribution in [0.2, 0.25) is 0 Å². The number of aliphatic hydroxyl groups excluding tert-OH is 1. The monoisotopic (exact) mass is 125 g/mol. The molecule has 9 heavy (non-hydrogen) atoms. The van der Waals surface area contributed by atoms with Gasteiger partial charge in [-0.3, -0.25) is 4.79 Å². The van der Waals surface area contributed by atoms with Crippen LogP contribution >= 0.6 is 0 Å². The highest BCUT2D eigenvalue weighted by Gasteiger charge is 2.02. The topological polar surface area (TPSA) is 50.4 Å². The lowest BCUT2D eigenvalue weighted by Crippen LogP contribution is -1.84. The van der Waals surface area contributed by atoms with Gasteiger partial charge in [-0.25, -0.2) is 0 Å². The molecule has 0 aliphatic carbocycles. The van der Waals surface area contributed by atoms with E-state index in [0.717, 1.165) is 0 Å². The molecule has 47 valence electrons. The fourth-order valence-corrected chi connectivity index (χ4v) is 0.550. The summed E-state index contributed by atoms with van der Waals surface area (Å²) in [5, 5.41) is 8.50. The van der Waals surface area contributed by atoms with Crippen molar-refractivity contribution in [2.75, 3.05) is 0 Å². The van der Waals surface area contributed by atoms with Gasteiger partial charge < -0.3 is 9.52 Å². The Morgan fingerprint density at radius 3 is 3.00 bits per heavy atom. The molecule has 1 radical (unpaired) electrons. The van der Waals surface area contributed by atoms with Crippen LogP contribution in [-0.2, 0) is 11.4 Å². The van der Waals surface area contributed by atoms with E-state index >= 15 is 0 Å². The van der Waals surface area contributed by atoms with Crippen LogP contribution in [0.4, 0.5) is 0 Å². The van der Waals surface area contributed by atoms with Crippen molar-refractivity contribution in [2.24, 2.45) is 0 Å². The molecule has 0 bridgehead atoms. The van der Waals surface area contributed by atoms with E-state index in [-0.39, 0.29) is 12.4 Å². The first kappa shape index (κ1) is 6.04. The quantitative estimate of drug-likeness (QED) is 0.615. The summed E-state index contributed by atoms with van der Waals surface area (Å²) in [6.45, 7) is -0.179. The SMILES string of the molecule is O=[C]c1occc1CO. The summed E-state index contributed by atoms with van der Waals surface area (Å²) in [5.74, 6) is 0.0810. The third-order valence-corrected chi connectivity index (χ3v) is 1.01. The third kappa shape index (κ3) is 1.000. The van der Waals surface area contributed by atoms with E-state index in [1.807, 2.05) is 0 Å². The lowest BCUT2D eigenvalue weighted by molar-refractivity contribution is 0.280. The van der Waals surface area contributed by atoms with Crippen molar-refractivity contribution in [3.63, 3.8) is 0 Å². The van der Waals surface area contributed by atoms with Crippen LogP contribution in [0, 0.1) is 0 Å². The van der Waals surface area contributed by atoms with Crippen molar-refractivity contribution in [1.29, 1.82) is 0 Å². The summed E-state index contributed by atoms with van der Waals surface area (Å²) in [5.41, 5.74) is 0.477. The summed E-state index contributed by atoms with van der Waals surface area (Å²) in [6, 6.07) is 1.53. The number of hydrogen-bond donors (Lipinski definition) is 1. The van der Waals surface area contributed by atoms with Crippen LogP contribution in [0.1, 0.15) is 11.3 Å². The Balaban J connectivity index is 2.98. The molecular formula is C6H5O3. The average molecular weight is 125 g/mol. The summed E-state index contributed by atoms with van der Waals surface area (Å²) in [7, 11) is 0. The predicted octanol–water partition coefficient (Wildman–Crippen LogP) is 0.230. The van der Waals surface area contributed by atoms with E-state index in [1.165, 1.54) is 12.3 Å². The van der Waals surface area contributed by atoms with Crippen molar-refractivity contribution in [3.8, 4) is 0 Å². The van der Waals surface area contributed by atoms with Gasteiger partial charge in [0.1, 0.15) is 0 Å². The maximum Gasteiger partial charge on any atom is 0.272 e. The maximum atomic E-state index is 9.92. The Kier molecular flexibility index (Phi) is 1.65. The lowest BCUT2D eigenvalue weighted by atomic mass is 10.3. The molecule has 0 amide bonds. The minimum Gasteiger partial charge on any atom is -0.460 e. The first-order valence-corrected chi connectivity index (χ1v) is 2.44. The Bertz CT molecular complexity index is 202. The van der Waals surface area contributed by atoms with Crippen molar-refractivity contribution in [1.82, 2.24) is 0 Å². The van der Waals surface area contributed by atoms with E-state index in [4.69, 9.17) is 5.11 Å². The Hall–Kier alpha value is -1.09. The molecule has 0 spiro atoms. The van der Waals surface area contributed by atoms with E-state index in [1.54, 1.807) is 6.29 Å². The van der Waals surface area contributed by atoms with Gasteiger partial charge in [0.2, 0.25) is 0 Å². The second-order valence-corrected chi connectivity index (χ2v) is 1.54. The Morgan fingerprint density at radius 2 is 2.56 bits per heavy atom. The molecule has 1 heterocycles. The van der Waals surface area contributed by atoms with Gasteiger partial charge in [-0.2, -0.15) is 0 Å². The molecule has 0 saturated heterocycles. The third-order valence-electron chi connectivity index (χ3n) is 1.01. The maximum absolute atomic E-state index is 9.92. The van der Waals surface area contributed by atoms with E-state index in [9.17, 15) is 4.79 Å². The largest absolute Gasteiger partial charge is 0.460 e. The highest BCUT2D eigenvalue weighted by atomic mass is 16.3. The Labute approximate surface area is 51.9 Å². The first-order chi connectivity index (χ1) is 4.38. The normalized spacial score (nSPS) is 9.44. The molecule has 1 N–H and O–H groups in total. The van der Waals surface area contributed by atoms with Gasteiger partial charge in [0.05, 0.1) is 12.9 Å².